The maximum atomic E-state index is 6.05. The van der Waals surface area contributed by atoms with Crippen LogP contribution in [-0.2, 0) is 5.41 Å². The summed E-state index contributed by atoms with van der Waals surface area (Å²) in [7, 11) is 0. The van der Waals surface area contributed by atoms with E-state index in [4.69, 9.17) is 19.4 Å². The van der Waals surface area contributed by atoms with Gasteiger partial charge in [0, 0.05) is 53.4 Å². The lowest BCUT2D eigenvalue weighted by Crippen LogP contribution is -2.17. The molecule has 0 fully saturated rings. The summed E-state index contributed by atoms with van der Waals surface area (Å²) in [5.74, 6) is 1.30. The number of nitrogens with zero attached hydrogens (tertiary/aromatic N) is 3. The Hall–Kier alpha value is -5.91. The van der Waals surface area contributed by atoms with Gasteiger partial charge in [0.1, 0.15) is 5.52 Å². The summed E-state index contributed by atoms with van der Waals surface area (Å²) in [6.45, 7) is 4.59. The van der Waals surface area contributed by atoms with Crippen LogP contribution in [-0.4, -0.2) is 15.0 Å². The lowest BCUT2D eigenvalue weighted by molar-refractivity contribution is 0.620. The SMILES string of the molecule is CC1(C)c2ccccc2-c2nc(-c3ccc(-c4nc5ccccc5o4)cc3)nc(-c3cccc(-c4cccc5c4sc4ccccc45)c3)c21. The lowest BCUT2D eigenvalue weighted by atomic mass is 9.80. The van der Waals surface area contributed by atoms with Crippen LogP contribution in [0.15, 0.2) is 144 Å². The third-order valence-electron chi connectivity index (χ3n) is 9.92. The highest BCUT2D eigenvalue weighted by atomic mass is 32.1. The van der Waals surface area contributed by atoms with Gasteiger partial charge < -0.3 is 4.42 Å². The average Bonchev–Trinajstić information content (AvgIpc) is 3.82. The fourth-order valence-corrected chi connectivity index (χ4v) is 8.76. The van der Waals surface area contributed by atoms with Gasteiger partial charge in [-0.2, -0.15) is 0 Å². The molecule has 0 atom stereocenters. The summed E-state index contributed by atoms with van der Waals surface area (Å²) in [5.41, 5.74) is 12.3. The van der Waals surface area contributed by atoms with E-state index in [0.717, 1.165) is 44.7 Å². The number of benzene rings is 6. The molecule has 9 aromatic rings. The summed E-state index contributed by atoms with van der Waals surface area (Å²) < 4.78 is 8.66. The van der Waals surface area contributed by atoms with Crippen molar-refractivity contribution in [1.82, 2.24) is 15.0 Å². The topological polar surface area (TPSA) is 51.8 Å². The molecule has 0 saturated carbocycles. The van der Waals surface area contributed by atoms with Crippen molar-refractivity contribution >= 4 is 42.6 Å². The molecule has 5 heteroatoms. The zero-order valence-corrected chi connectivity index (χ0v) is 27.8. The third-order valence-corrected chi connectivity index (χ3v) is 11.1. The molecule has 0 radical (unpaired) electrons. The van der Waals surface area contributed by atoms with E-state index in [0.29, 0.717) is 11.7 Å². The number of aromatic nitrogens is 3. The Morgan fingerprint density at radius 2 is 1.24 bits per heavy atom. The van der Waals surface area contributed by atoms with Gasteiger partial charge in [-0.15, -0.1) is 11.3 Å². The van der Waals surface area contributed by atoms with E-state index in [1.807, 2.05) is 47.7 Å². The standard InChI is InChI=1S/C44H29N3OS/c1-44(2)34-17-5-3-14-33(34)40-38(44)39(46-42(47-40)26-21-23-27(24-22-26)43-45-35-18-6-7-19-36(35)48-43)29-12-9-11-28(25-29)30-15-10-16-32-31-13-4-8-20-37(31)49-41(30)32/h3-25H,1-2H3. The molecule has 3 aromatic heterocycles. The van der Waals surface area contributed by atoms with E-state index in [1.54, 1.807) is 0 Å². The van der Waals surface area contributed by atoms with E-state index in [-0.39, 0.29) is 5.41 Å². The van der Waals surface area contributed by atoms with Crippen LogP contribution in [0.1, 0.15) is 25.0 Å². The van der Waals surface area contributed by atoms with Gasteiger partial charge in [0.05, 0.1) is 11.4 Å². The fraction of sp³-hybridized carbons (Fsp3) is 0.0682. The molecule has 3 heterocycles. The zero-order valence-electron chi connectivity index (χ0n) is 26.9. The Labute approximate surface area is 287 Å². The molecule has 0 N–H and O–H groups in total. The van der Waals surface area contributed by atoms with E-state index in [1.165, 1.54) is 42.4 Å². The number of oxazole rings is 1. The molecule has 0 amide bonds. The summed E-state index contributed by atoms with van der Waals surface area (Å²) in [6, 6.07) is 48.9. The molecular formula is C44H29N3OS. The van der Waals surface area contributed by atoms with Gasteiger partial charge >= 0.3 is 0 Å². The van der Waals surface area contributed by atoms with Gasteiger partial charge in [0.2, 0.25) is 5.89 Å². The molecule has 0 bridgehead atoms. The number of hydrogen-bond acceptors (Lipinski definition) is 5. The predicted molar refractivity (Wildman–Crippen MR) is 202 cm³/mol. The zero-order chi connectivity index (χ0) is 32.7. The lowest BCUT2D eigenvalue weighted by Gasteiger charge is -2.24. The average molecular weight is 648 g/mol. The van der Waals surface area contributed by atoms with Crippen molar-refractivity contribution in [3.8, 4) is 56.5 Å². The Bertz CT molecular complexity index is 2720. The van der Waals surface area contributed by atoms with Crippen LogP contribution in [0.5, 0.6) is 0 Å². The molecule has 0 saturated heterocycles. The fourth-order valence-electron chi connectivity index (χ4n) is 7.52. The molecule has 4 nitrogen and oxygen atoms in total. The number of para-hydroxylation sites is 2. The molecule has 0 aliphatic heterocycles. The van der Waals surface area contributed by atoms with Crippen molar-refractivity contribution in [2.45, 2.75) is 19.3 Å². The summed E-state index contributed by atoms with van der Waals surface area (Å²) in [5, 5.41) is 2.60. The van der Waals surface area contributed by atoms with Crippen molar-refractivity contribution in [3.05, 3.63) is 151 Å². The molecule has 0 unspecified atom stereocenters. The minimum atomic E-state index is -0.266. The normalized spacial score (nSPS) is 13.3. The van der Waals surface area contributed by atoms with Crippen LogP contribution in [0.25, 0.3) is 87.8 Å². The van der Waals surface area contributed by atoms with E-state index in [9.17, 15) is 0 Å². The minimum absolute atomic E-state index is 0.266. The number of fused-ring (bicyclic) bond motifs is 7. The number of thiophene rings is 1. The van der Waals surface area contributed by atoms with Crippen molar-refractivity contribution in [3.63, 3.8) is 0 Å². The first-order valence-electron chi connectivity index (χ1n) is 16.5. The molecule has 1 aliphatic rings. The van der Waals surface area contributed by atoms with Gasteiger partial charge in [0.15, 0.2) is 11.4 Å². The van der Waals surface area contributed by atoms with Crippen LogP contribution >= 0.6 is 11.3 Å². The van der Waals surface area contributed by atoms with Gasteiger partial charge in [-0.25, -0.2) is 15.0 Å². The number of hydrogen-bond donors (Lipinski definition) is 0. The quantitative estimate of drug-likeness (QED) is 0.191. The van der Waals surface area contributed by atoms with E-state index >= 15 is 0 Å². The van der Waals surface area contributed by atoms with Crippen molar-refractivity contribution < 1.29 is 4.42 Å². The largest absolute Gasteiger partial charge is 0.436 e. The van der Waals surface area contributed by atoms with E-state index < -0.39 is 0 Å². The molecule has 0 spiro atoms. The minimum Gasteiger partial charge on any atom is -0.436 e. The predicted octanol–water partition coefficient (Wildman–Crippen LogP) is 12.0. The van der Waals surface area contributed by atoms with Gasteiger partial charge in [-0.05, 0) is 53.1 Å². The molecule has 6 aromatic carbocycles. The van der Waals surface area contributed by atoms with Crippen LogP contribution in [0.3, 0.4) is 0 Å². The molecule has 1 aliphatic carbocycles. The first-order valence-corrected chi connectivity index (χ1v) is 17.3. The summed E-state index contributed by atoms with van der Waals surface area (Å²) >= 11 is 1.86. The van der Waals surface area contributed by atoms with Gasteiger partial charge in [0.25, 0.3) is 0 Å². The Morgan fingerprint density at radius 1 is 0.551 bits per heavy atom. The Kier molecular flexibility index (Phi) is 6.05. The van der Waals surface area contributed by atoms with Crippen molar-refractivity contribution in [2.24, 2.45) is 0 Å². The summed E-state index contributed by atoms with van der Waals surface area (Å²) in [6.07, 6.45) is 0. The van der Waals surface area contributed by atoms with Crippen LogP contribution in [0.2, 0.25) is 0 Å². The highest BCUT2D eigenvalue weighted by Gasteiger charge is 2.40. The monoisotopic (exact) mass is 647 g/mol. The maximum Gasteiger partial charge on any atom is 0.227 e. The first-order chi connectivity index (χ1) is 24.0. The highest BCUT2D eigenvalue weighted by molar-refractivity contribution is 7.26. The third kappa shape index (κ3) is 4.32. The van der Waals surface area contributed by atoms with Gasteiger partial charge in [-0.1, -0.05) is 117 Å². The van der Waals surface area contributed by atoms with E-state index in [2.05, 4.69) is 117 Å². The smallest absolute Gasteiger partial charge is 0.227 e. The van der Waals surface area contributed by atoms with Crippen LogP contribution in [0, 0.1) is 0 Å². The maximum absolute atomic E-state index is 6.05. The Morgan fingerprint density at radius 3 is 2.14 bits per heavy atom. The second-order valence-corrected chi connectivity index (χ2v) is 14.3. The van der Waals surface area contributed by atoms with Crippen molar-refractivity contribution in [2.75, 3.05) is 0 Å². The molecule has 10 rings (SSSR count). The number of rotatable bonds is 4. The highest BCUT2D eigenvalue weighted by Crippen LogP contribution is 2.51. The van der Waals surface area contributed by atoms with Crippen LogP contribution < -0.4 is 0 Å². The summed E-state index contributed by atoms with van der Waals surface area (Å²) in [4.78, 5) is 15.4. The Balaban J connectivity index is 1.14. The van der Waals surface area contributed by atoms with Crippen molar-refractivity contribution in [1.29, 1.82) is 0 Å². The molecular weight excluding hydrogens is 619 g/mol. The molecule has 49 heavy (non-hydrogen) atoms. The van der Waals surface area contributed by atoms with Crippen LogP contribution in [0.4, 0.5) is 0 Å². The second kappa shape index (κ2) is 10.5. The van der Waals surface area contributed by atoms with Gasteiger partial charge in [-0.3, -0.25) is 0 Å². The first kappa shape index (κ1) is 28.1. The molecule has 232 valence electrons. The second-order valence-electron chi connectivity index (χ2n) is 13.2.